The standard InChI is InChI=1S/C20H27N5S.HI/c1-4-21-20(25(3)13-17-14-26-15(2)24-17)22-11-7-8-16-12-23-19-10-6-5-9-18(16)19;/h5-6,9-10,12,14,23H,4,7-8,11,13H2,1-3H3,(H,21,22);1H. The van der Waals surface area contributed by atoms with Crippen molar-refractivity contribution in [2.24, 2.45) is 4.99 Å². The minimum absolute atomic E-state index is 0. The lowest BCUT2D eigenvalue weighted by atomic mass is 10.1. The molecule has 0 fully saturated rings. The van der Waals surface area contributed by atoms with E-state index >= 15 is 0 Å². The predicted molar refractivity (Wildman–Crippen MR) is 126 cm³/mol. The minimum atomic E-state index is 0. The van der Waals surface area contributed by atoms with E-state index in [2.05, 4.69) is 70.0 Å². The van der Waals surface area contributed by atoms with Gasteiger partial charge >= 0.3 is 0 Å². The maximum absolute atomic E-state index is 4.79. The third kappa shape index (κ3) is 5.93. The molecule has 3 aromatic rings. The summed E-state index contributed by atoms with van der Waals surface area (Å²) in [5.41, 5.74) is 3.67. The Balaban J connectivity index is 0.00000261. The van der Waals surface area contributed by atoms with E-state index in [1.807, 2.05) is 6.92 Å². The van der Waals surface area contributed by atoms with Gasteiger partial charge in [-0.05, 0) is 38.3 Å². The Labute approximate surface area is 182 Å². The quantitative estimate of drug-likeness (QED) is 0.218. The number of aromatic nitrogens is 2. The molecule has 2 N–H and O–H groups in total. The summed E-state index contributed by atoms with van der Waals surface area (Å²) in [6.07, 6.45) is 4.18. The van der Waals surface area contributed by atoms with E-state index in [-0.39, 0.29) is 24.0 Å². The molecule has 0 spiro atoms. The normalized spacial score (nSPS) is 11.4. The number of hydrogen-bond acceptors (Lipinski definition) is 3. The van der Waals surface area contributed by atoms with E-state index in [9.17, 15) is 0 Å². The molecule has 2 aromatic heterocycles. The Morgan fingerprint density at radius 3 is 2.89 bits per heavy atom. The van der Waals surface area contributed by atoms with Crippen LogP contribution in [-0.4, -0.2) is 41.0 Å². The molecule has 3 rings (SSSR count). The number of aromatic amines is 1. The molecular formula is C20H28IN5S. The highest BCUT2D eigenvalue weighted by Crippen LogP contribution is 2.19. The Hall–Kier alpha value is -1.61. The van der Waals surface area contributed by atoms with Crippen LogP contribution in [0.5, 0.6) is 0 Å². The zero-order valence-corrected chi connectivity index (χ0v) is 19.3. The zero-order chi connectivity index (χ0) is 18.4. The van der Waals surface area contributed by atoms with Crippen molar-refractivity contribution in [1.29, 1.82) is 0 Å². The van der Waals surface area contributed by atoms with Crippen LogP contribution in [0.15, 0.2) is 40.8 Å². The van der Waals surface area contributed by atoms with E-state index in [0.29, 0.717) is 0 Å². The second-order valence-electron chi connectivity index (χ2n) is 6.41. The van der Waals surface area contributed by atoms with Crippen molar-refractivity contribution >= 4 is 52.2 Å². The number of nitrogens with zero attached hydrogens (tertiary/aromatic N) is 3. The number of fused-ring (bicyclic) bond motifs is 1. The van der Waals surface area contributed by atoms with Gasteiger partial charge in [-0.3, -0.25) is 4.99 Å². The molecular weight excluding hydrogens is 469 g/mol. The van der Waals surface area contributed by atoms with Crippen LogP contribution < -0.4 is 5.32 Å². The number of thiazole rings is 1. The van der Waals surface area contributed by atoms with E-state index in [1.54, 1.807) is 11.3 Å². The third-order valence-electron chi connectivity index (χ3n) is 4.30. The lowest BCUT2D eigenvalue weighted by Crippen LogP contribution is -2.38. The van der Waals surface area contributed by atoms with E-state index in [1.165, 1.54) is 16.5 Å². The van der Waals surface area contributed by atoms with Gasteiger partial charge in [-0.1, -0.05) is 18.2 Å². The second-order valence-corrected chi connectivity index (χ2v) is 7.47. The number of para-hydroxylation sites is 1. The first-order valence-corrected chi connectivity index (χ1v) is 10.0. The Morgan fingerprint density at radius 1 is 1.33 bits per heavy atom. The van der Waals surface area contributed by atoms with Crippen LogP contribution in [0.4, 0.5) is 0 Å². The Bertz CT molecular complexity index is 870. The van der Waals surface area contributed by atoms with Gasteiger partial charge in [0.1, 0.15) is 0 Å². The fourth-order valence-electron chi connectivity index (χ4n) is 3.06. The average molecular weight is 497 g/mol. The van der Waals surface area contributed by atoms with Gasteiger partial charge < -0.3 is 15.2 Å². The minimum Gasteiger partial charge on any atom is -0.361 e. The van der Waals surface area contributed by atoms with Crippen molar-refractivity contribution < 1.29 is 0 Å². The van der Waals surface area contributed by atoms with Gasteiger partial charge in [-0.25, -0.2) is 4.98 Å². The van der Waals surface area contributed by atoms with Crippen molar-refractivity contribution in [2.45, 2.75) is 33.2 Å². The van der Waals surface area contributed by atoms with Crippen LogP contribution in [0.3, 0.4) is 0 Å². The Kier molecular flexibility index (Phi) is 8.56. The highest BCUT2D eigenvalue weighted by atomic mass is 127. The van der Waals surface area contributed by atoms with Crippen LogP contribution >= 0.6 is 35.3 Å². The summed E-state index contributed by atoms with van der Waals surface area (Å²) in [5.74, 6) is 0.942. The summed E-state index contributed by atoms with van der Waals surface area (Å²) in [4.78, 5) is 14.8. The zero-order valence-electron chi connectivity index (χ0n) is 16.2. The molecule has 0 aliphatic heterocycles. The van der Waals surface area contributed by atoms with Gasteiger partial charge in [-0.15, -0.1) is 35.3 Å². The van der Waals surface area contributed by atoms with E-state index in [4.69, 9.17) is 4.99 Å². The number of halogens is 1. The van der Waals surface area contributed by atoms with Crippen molar-refractivity contribution in [3.05, 3.63) is 52.1 Å². The first-order valence-electron chi connectivity index (χ1n) is 9.13. The molecule has 0 aliphatic carbocycles. The molecule has 7 heteroatoms. The molecule has 0 amide bonds. The molecule has 0 aliphatic rings. The smallest absolute Gasteiger partial charge is 0.194 e. The topological polar surface area (TPSA) is 56.3 Å². The highest BCUT2D eigenvalue weighted by molar-refractivity contribution is 14.0. The number of hydrogen-bond donors (Lipinski definition) is 2. The number of aliphatic imine (C=N–C) groups is 1. The summed E-state index contributed by atoms with van der Waals surface area (Å²) in [5, 5.41) is 7.92. The van der Waals surface area contributed by atoms with Crippen molar-refractivity contribution in [2.75, 3.05) is 20.1 Å². The van der Waals surface area contributed by atoms with Gasteiger partial charge in [-0.2, -0.15) is 0 Å². The molecule has 0 bridgehead atoms. The molecule has 1 aromatic carbocycles. The highest BCUT2D eigenvalue weighted by Gasteiger charge is 2.08. The SMILES string of the molecule is CCNC(=NCCCc1c[nH]c2ccccc12)N(C)Cc1csc(C)n1.I. The van der Waals surface area contributed by atoms with Gasteiger partial charge in [0, 0.05) is 42.6 Å². The fourth-order valence-corrected chi connectivity index (χ4v) is 3.67. The van der Waals surface area contributed by atoms with Crippen LogP contribution in [0.25, 0.3) is 10.9 Å². The summed E-state index contributed by atoms with van der Waals surface area (Å²) < 4.78 is 0. The maximum Gasteiger partial charge on any atom is 0.194 e. The van der Waals surface area contributed by atoms with Crippen LogP contribution in [0.2, 0.25) is 0 Å². The van der Waals surface area contributed by atoms with Crippen molar-refractivity contribution in [3.63, 3.8) is 0 Å². The van der Waals surface area contributed by atoms with Gasteiger partial charge in [0.25, 0.3) is 0 Å². The molecule has 2 heterocycles. The number of guanidine groups is 1. The van der Waals surface area contributed by atoms with Crippen molar-refractivity contribution in [1.82, 2.24) is 20.2 Å². The number of aryl methyl sites for hydroxylation is 2. The summed E-state index contributed by atoms with van der Waals surface area (Å²) in [6.45, 7) is 6.59. The van der Waals surface area contributed by atoms with E-state index in [0.717, 1.165) is 49.1 Å². The molecule has 0 unspecified atom stereocenters. The number of rotatable bonds is 7. The fraction of sp³-hybridized carbons (Fsp3) is 0.400. The largest absolute Gasteiger partial charge is 0.361 e. The second kappa shape index (κ2) is 10.7. The first kappa shape index (κ1) is 21.7. The lowest BCUT2D eigenvalue weighted by Gasteiger charge is -2.21. The van der Waals surface area contributed by atoms with Crippen LogP contribution in [0, 0.1) is 6.92 Å². The molecule has 146 valence electrons. The number of H-pyrrole nitrogens is 1. The number of nitrogens with one attached hydrogen (secondary N) is 2. The third-order valence-corrected chi connectivity index (χ3v) is 5.13. The predicted octanol–water partition coefficient (Wildman–Crippen LogP) is 4.58. The summed E-state index contributed by atoms with van der Waals surface area (Å²) in [6, 6.07) is 8.46. The maximum atomic E-state index is 4.79. The molecule has 5 nitrogen and oxygen atoms in total. The van der Waals surface area contributed by atoms with Gasteiger partial charge in [0.05, 0.1) is 17.2 Å². The van der Waals surface area contributed by atoms with Crippen LogP contribution in [0.1, 0.15) is 29.6 Å². The van der Waals surface area contributed by atoms with Crippen LogP contribution in [-0.2, 0) is 13.0 Å². The van der Waals surface area contributed by atoms with Gasteiger partial charge in [0.2, 0.25) is 0 Å². The first-order chi connectivity index (χ1) is 12.7. The van der Waals surface area contributed by atoms with Crippen molar-refractivity contribution in [3.8, 4) is 0 Å². The Morgan fingerprint density at radius 2 is 2.15 bits per heavy atom. The molecule has 0 radical (unpaired) electrons. The average Bonchev–Trinajstić information content (AvgIpc) is 3.24. The van der Waals surface area contributed by atoms with E-state index < -0.39 is 0 Å². The molecule has 0 atom stereocenters. The molecule has 0 saturated heterocycles. The monoisotopic (exact) mass is 497 g/mol. The summed E-state index contributed by atoms with van der Waals surface area (Å²) in [7, 11) is 2.07. The lowest BCUT2D eigenvalue weighted by molar-refractivity contribution is 0.470. The summed E-state index contributed by atoms with van der Waals surface area (Å²) >= 11 is 1.69. The van der Waals surface area contributed by atoms with Gasteiger partial charge in [0.15, 0.2) is 5.96 Å². The molecule has 0 saturated carbocycles. The molecule has 27 heavy (non-hydrogen) atoms. The number of benzene rings is 1.